The first kappa shape index (κ1) is 20.9. The number of anilines is 1. The molecule has 0 spiro atoms. The van der Waals surface area contributed by atoms with Crippen molar-refractivity contribution >= 4 is 23.3 Å². The molecule has 2 rings (SSSR count). The Kier molecular flexibility index (Phi) is 6.35. The van der Waals surface area contributed by atoms with E-state index in [1.54, 1.807) is 44.4 Å². The van der Waals surface area contributed by atoms with Crippen LogP contribution in [0.3, 0.4) is 0 Å². The molecule has 0 aliphatic heterocycles. The fraction of sp³-hybridized carbons (Fsp3) is 0.300. The molecular formula is C20H23N3O5. The number of nitro groups is 1. The first-order chi connectivity index (χ1) is 13.2. The van der Waals surface area contributed by atoms with Crippen LogP contribution in [0.4, 0.5) is 11.4 Å². The molecule has 8 nitrogen and oxygen atoms in total. The average Bonchev–Trinajstić information content (AvgIpc) is 2.87. The zero-order valence-electron chi connectivity index (χ0n) is 16.4. The average molecular weight is 385 g/mol. The Labute approximate surface area is 163 Å². The maximum Gasteiger partial charge on any atom is 0.355 e. The second kappa shape index (κ2) is 8.51. The molecule has 0 atom stereocenters. The number of nitrogens with one attached hydrogen (secondary N) is 1. The predicted octanol–water partition coefficient (Wildman–Crippen LogP) is 3.94. The van der Waals surface area contributed by atoms with Gasteiger partial charge in [-0.25, -0.2) is 4.79 Å². The molecule has 0 radical (unpaired) electrons. The van der Waals surface area contributed by atoms with Crippen molar-refractivity contribution in [3.63, 3.8) is 0 Å². The van der Waals surface area contributed by atoms with Crippen molar-refractivity contribution in [3.05, 3.63) is 69.0 Å². The van der Waals surface area contributed by atoms with E-state index in [4.69, 9.17) is 4.74 Å². The van der Waals surface area contributed by atoms with Gasteiger partial charge in [-0.2, -0.15) is 0 Å². The maximum atomic E-state index is 13.0. The molecule has 1 aromatic heterocycles. The molecule has 0 fully saturated rings. The summed E-state index contributed by atoms with van der Waals surface area (Å²) in [7, 11) is 0. The standard InChI is InChI=1S/C20H23N3O5/c1-6-10-22-14(5)17(13(4)18(22)20(25)28-7-2)19(24)21-16-11-15(23(26)27)9-8-12(16)3/h6,8-9,11H,1,7,10H2,2-5H3,(H,21,24). The van der Waals surface area contributed by atoms with Crippen molar-refractivity contribution in [1.29, 1.82) is 0 Å². The van der Waals surface area contributed by atoms with Crippen LogP contribution in [0.15, 0.2) is 30.9 Å². The van der Waals surface area contributed by atoms with Gasteiger partial charge < -0.3 is 14.6 Å². The van der Waals surface area contributed by atoms with Crippen molar-refractivity contribution in [2.45, 2.75) is 34.2 Å². The number of hydrogen-bond acceptors (Lipinski definition) is 5. The summed E-state index contributed by atoms with van der Waals surface area (Å²) >= 11 is 0. The number of aromatic nitrogens is 1. The van der Waals surface area contributed by atoms with E-state index < -0.39 is 16.8 Å². The van der Waals surface area contributed by atoms with E-state index in [1.165, 1.54) is 12.1 Å². The van der Waals surface area contributed by atoms with Gasteiger partial charge in [0.2, 0.25) is 0 Å². The molecule has 8 heteroatoms. The molecule has 1 amide bonds. The van der Waals surface area contributed by atoms with Crippen LogP contribution in [0.2, 0.25) is 0 Å². The van der Waals surface area contributed by atoms with E-state index in [0.717, 1.165) is 0 Å². The number of allylic oxidation sites excluding steroid dienone is 1. The Bertz CT molecular complexity index is 959. The number of carbonyl (C=O) groups is 2. The predicted molar refractivity (Wildman–Crippen MR) is 106 cm³/mol. The van der Waals surface area contributed by atoms with E-state index in [0.29, 0.717) is 40.3 Å². The second-order valence-corrected chi connectivity index (χ2v) is 6.26. The van der Waals surface area contributed by atoms with Crippen LogP contribution in [-0.2, 0) is 11.3 Å². The summed E-state index contributed by atoms with van der Waals surface area (Å²) < 4.78 is 6.80. The molecule has 0 aliphatic rings. The highest BCUT2D eigenvalue weighted by Crippen LogP contribution is 2.27. The molecule has 0 aliphatic carbocycles. The number of rotatable bonds is 7. The van der Waals surface area contributed by atoms with Crippen LogP contribution in [-0.4, -0.2) is 28.0 Å². The molecule has 148 valence electrons. The molecular weight excluding hydrogens is 362 g/mol. The zero-order chi connectivity index (χ0) is 21.0. The van der Waals surface area contributed by atoms with E-state index in [-0.39, 0.29) is 12.3 Å². The van der Waals surface area contributed by atoms with Gasteiger partial charge in [0.05, 0.1) is 22.8 Å². The molecule has 28 heavy (non-hydrogen) atoms. The third-order valence-electron chi connectivity index (χ3n) is 4.45. The summed E-state index contributed by atoms with van der Waals surface area (Å²) in [6.07, 6.45) is 1.63. The van der Waals surface area contributed by atoms with Gasteiger partial charge in [0.25, 0.3) is 11.6 Å². The van der Waals surface area contributed by atoms with Crippen molar-refractivity contribution in [3.8, 4) is 0 Å². The molecule has 0 bridgehead atoms. The smallest absolute Gasteiger partial charge is 0.355 e. The minimum atomic E-state index is -0.523. The molecule has 0 saturated heterocycles. The topological polar surface area (TPSA) is 103 Å². The molecule has 1 heterocycles. The molecule has 0 unspecified atom stereocenters. The van der Waals surface area contributed by atoms with Crippen LogP contribution in [0, 0.1) is 30.9 Å². The number of hydrogen-bond donors (Lipinski definition) is 1. The van der Waals surface area contributed by atoms with Crippen LogP contribution < -0.4 is 5.32 Å². The minimum absolute atomic E-state index is 0.120. The van der Waals surface area contributed by atoms with Gasteiger partial charge in [0, 0.05) is 24.4 Å². The SMILES string of the molecule is C=CCn1c(C)c(C(=O)Nc2cc([N+](=O)[O-])ccc2C)c(C)c1C(=O)OCC. The molecule has 1 N–H and O–H groups in total. The van der Waals surface area contributed by atoms with Crippen LogP contribution in [0.1, 0.15) is 44.6 Å². The quantitative estimate of drug-likeness (QED) is 0.336. The van der Waals surface area contributed by atoms with Crippen LogP contribution >= 0.6 is 0 Å². The lowest BCUT2D eigenvalue weighted by Gasteiger charge is -2.10. The maximum absolute atomic E-state index is 13.0. The highest BCUT2D eigenvalue weighted by Gasteiger charge is 2.27. The Morgan fingerprint density at radius 2 is 2.00 bits per heavy atom. The normalized spacial score (nSPS) is 10.4. The molecule has 0 saturated carbocycles. The lowest BCUT2D eigenvalue weighted by Crippen LogP contribution is -2.15. The van der Waals surface area contributed by atoms with E-state index in [2.05, 4.69) is 11.9 Å². The van der Waals surface area contributed by atoms with Crippen LogP contribution in [0.5, 0.6) is 0 Å². The third kappa shape index (κ3) is 3.95. The fourth-order valence-electron chi connectivity index (χ4n) is 3.09. The van der Waals surface area contributed by atoms with Gasteiger partial charge in [-0.3, -0.25) is 14.9 Å². The number of benzene rings is 1. The van der Waals surface area contributed by atoms with Crippen molar-refractivity contribution in [2.24, 2.45) is 0 Å². The number of nitrogens with zero attached hydrogens (tertiary/aromatic N) is 2. The highest BCUT2D eigenvalue weighted by molar-refractivity contribution is 6.08. The number of carbonyl (C=O) groups excluding carboxylic acids is 2. The fourth-order valence-corrected chi connectivity index (χ4v) is 3.09. The lowest BCUT2D eigenvalue weighted by atomic mass is 10.1. The van der Waals surface area contributed by atoms with E-state index in [1.807, 2.05) is 0 Å². The number of esters is 1. The van der Waals surface area contributed by atoms with Gasteiger partial charge in [0.15, 0.2) is 0 Å². The lowest BCUT2D eigenvalue weighted by molar-refractivity contribution is -0.384. The Morgan fingerprint density at radius 1 is 1.32 bits per heavy atom. The highest BCUT2D eigenvalue weighted by atomic mass is 16.6. The van der Waals surface area contributed by atoms with Gasteiger partial charge >= 0.3 is 5.97 Å². The van der Waals surface area contributed by atoms with Crippen molar-refractivity contribution < 1.29 is 19.2 Å². The molecule has 1 aromatic carbocycles. The number of nitro benzene ring substituents is 1. The van der Waals surface area contributed by atoms with Crippen molar-refractivity contribution in [2.75, 3.05) is 11.9 Å². The van der Waals surface area contributed by atoms with Gasteiger partial charge in [-0.05, 0) is 38.8 Å². The number of ether oxygens (including phenoxy) is 1. The largest absolute Gasteiger partial charge is 0.461 e. The van der Waals surface area contributed by atoms with Crippen molar-refractivity contribution in [1.82, 2.24) is 4.57 Å². The van der Waals surface area contributed by atoms with Gasteiger partial charge in [0.1, 0.15) is 5.69 Å². The summed E-state index contributed by atoms with van der Waals surface area (Å²) in [6, 6.07) is 4.26. The van der Waals surface area contributed by atoms with E-state index in [9.17, 15) is 19.7 Å². The number of amides is 1. The van der Waals surface area contributed by atoms with Gasteiger partial charge in [-0.15, -0.1) is 6.58 Å². The molecule has 2 aromatic rings. The number of aryl methyl sites for hydroxylation is 1. The summed E-state index contributed by atoms with van der Waals surface area (Å²) in [5, 5.41) is 13.7. The Hall–Kier alpha value is -3.42. The summed E-state index contributed by atoms with van der Waals surface area (Å²) in [4.78, 5) is 35.9. The minimum Gasteiger partial charge on any atom is -0.461 e. The zero-order valence-corrected chi connectivity index (χ0v) is 16.4. The van der Waals surface area contributed by atoms with E-state index >= 15 is 0 Å². The number of non-ortho nitro benzene ring substituents is 1. The first-order valence-electron chi connectivity index (χ1n) is 8.76. The van der Waals surface area contributed by atoms with Crippen LogP contribution in [0.25, 0.3) is 0 Å². The first-order valence-corrected chi connectivity index (χ1v) is 8.76. The monoisotopic (exact) mass is 385 g/mol. The Balaban J connectivity index is 2.50. The summed E-state index contributed by atoms with van der Waals surface area (Å²) in [5.41, 5.74) is 2.60. The van der Waals surface area contributed by atoms with Gasteiger partial charge in [-0.1, -0.05) is 12.1 Å². The third-order valence-corrected chi connectivity index (χ3v) is 4.45. The summed E-state index contributed by atoms with van der Waals surface area (Å²) in [6.45, 7) is 11.1. The second-order valence-electron chi connectivity index (χ2n) is 6.26. The summed E-state index contributed by atoms with van der Waals surface area (Å²) in [5.74, 6) is -0.970. The Morgan fingerprint density at radius 3 is 2.57 bits per heavy atom.